The molecule has 4 rings (SSSR count). The summed E-state index contributed by atoms with van der Waals surface area (Å²) in [5, 5.41) is 9.62. The number of thiophene rings is 1. The predicted octanol–water partition coefficient (Wildman–Crippen LogP) is 4.12. The summed E-state index contributed by atoms with van der Waals surface area (Å²) in [4.78, 5) is 22.4. The van der Waals surface area contributed by atoms with Gasteiger partial charge in [0.05, 0.1) is 17.0 Å². The van der Waals surface area contributed by atoms with Crippen LogP contribution >= 0.6 is 11.3 Å². The van der Waals surface area contributed by atoms with Crippen molar-refractivity contribution in [2.45, 2.75) is 39.2 Å². The molecule has 0 unspecified atom stereocenters. The minimum absolute atomic E-state index is 0.0765. The van der Waals surface area contributed by atoms with Gasteiger partial charge < -0.3 is 9.72 Å². The molecule has 6 heteroatoms. The second-order valence-electron chi connectivity index (χ2n) is 6.88. The Morgan fingerprint density at radius 1 is 1.38 bits per heavy atom. The van der Waals surface area contributed by atoms with Gasteiger partial charge in [-0.2, -0.15) is 5.26 Å². The van der Waals surface area contributed by atoms with Crippen molar-refractivity contribution in [3.63, 3.8) is 0 Å². The summed E-state index contributed by atoms with van der Waals surface area (Å²) in [6.07, 6.45) is 2.72. The molecule has 1 aliphatic rings. The van der Waals surface area contributed by atoms with Gasteiger partial charge in [0, 0.05) is 4.88 Å². The van der Waals surface area contributed by atoms with E-state index in [2.05, 4.69) is 23.0 Å². The van der Waals surface area contributed by atoms with Crippen molar-refractivity contribution in [2.75, 3.05) is 0 Å². The zero-order valence-electron chi connectivity index (χ0n) is 14.7. The highest BCUT2D eigenvalue weighted by atomic mass is 32.1. The highest BCUT2D eigenvalue weighted by Crippen LogP contribution is 2.36. The summed E-state index contributed by atoms with van der Waals surface area (Å²) in [6.45, 7) is 4.11. The fourth-order valence-electron chi connectivity index (χ4n) is 3.43. The maximum Gasteiger partial charge on any atom is 0.260 e. The largest absolute Gasteiger partial charge is 0.483 e. The zero-order chi connectivity index (χ0) is 18.3. The fraction of sp³-hybridized carbons (Fsp3) is 0.350. The minimum Gasteiger partial charge on any atom is -0.483 e. The molecule has 1 aromatic carbocycles. The van der Waals surface area contributed by atoms with E-state index in [1.54, 1.807) is 35.6 Å². The first-order valence-corrected chi connectivity index (χ1v) is 9.58. The van der Waals surface area contributed by atoms with Crippen LogP contribution in [-0.2, 0) is 12.8 Å². The Balaban J connectivity index is 1.66. The third kappa shape index (κ3) is 2.99. The van der Waals surface area contributed by atoms with Crippen molar-refractivity contribution < 1.29 is 4.74 Å². The van der Waals surface area contributed by atoms with Gasteiger partial charge in [0.25, 0.3) is 5.56 Å². The Labute approximate surface area is 155 Å². The third-order valence-corrected chi connectivity index (χ3v) is 6.01. The SMILES string of the molecule is C[C@H]1CCc2c(sc3nc([C@@H](C)Oc4ccc(C#N)cc4)[nH]c(=O)c23)C1. The van der Waals surface area contributed by atoms with Gasteiger partial charge in [-0.25, -0.2) is 4.98 Å². The first-order valence-electron chi connectivity index (χ1n) is 8.76. The van der Waals surface area contributed by atoms with E-state index in [-0.39, 0.29) is 5.56 Å². The fourth-order valence-corrected chi connectivity index (χ4v) is 4.82. The van der Waals surface area contributed by atoms with E-state index in [1.807, 2.05) is 6.92 Å². The van der Waals surface area contributed by atoms with Crippen molar-refractivity contribution >= 4 is 21.6 Å². The topological polar surface area (TPSA) is 78.8 Å². The molecule has 0 saturated carbocycles. The number of hydrogen-bond donors (Lipinski definition) is 1. The first-order chi connectivity index (χ1) is 12.5. The Bertz CT molecular complexity index is 1060. The van der Waals surface area contributed by atoms with Crippen LogP contribution in [0.2, 0.25) is 0 Å². The molecule has 0 spiro atoms. The quantitative estimate of drug-likeness (QED) is 0.757. The summed E-state index contributed by atoms with van der Waals surface area (Å²) in [5.74, 6) is 1.82. The number of aromatic nitrogens is 2. The van der Waals surface area contributed by atoms with Gasteiger partial charge in [-0.05, 0) is 61.9 Å². The second kappa shape index (κ2) is 6.58. The summed E-state index contributed by atoms with van der Waals surface area (Å²) in [6, 6.07) is 8.98. The average Bonchev–Trinajstić information content (AvgIpc) is 3.00. The second-order valence-corrected chi connectivity index (χ2v) is 7.96. The van der Waals surface area contributed by atoms with Gasteiger partial charge in [0.15, 0.2) is 11.9 Å². The van der Waals surface area contributed by atoms with Crippen molar-refractivity contribution in [3.8, 4) is 11.8 Å². The lowest BCUT2D eigenvalue weighted by molar-refractivity contribution is 0.216. The molecule has 132 valence electrons. The lowest BCUT2D eigenvalue weighted by atomic mass is 9.89. The summed E-state index contributed by atoms with van der Waals surface area (Å²) in [5.41, 5.74) is 1.69. The Morgan fingerprint density at radius 2 is 2.15 bits per heavy atom. The maximum absolute atomic E-state index is 12.7. The number of nitrogens with zero attached hydrogens (tertiary/aromatic N) is 2. The molecule has 0 radical (unpaired) electrons. The number of hydrogen-bond acceptors (Lipinski definition) is 5. The van der Waals surface area contributed by atoms with Crippen LogP contribution in [0.5, 0.6) is 5.75 Å². The summed E-state index contributed by atoms with van der Waals surface area (Å²) >= 11 is 1.64. The number of fused-ring (bicyclic) bond motifs is 3. The normalized spacial score (nSPS) is 17.5. The highest BCUT2D eigenvalue weighted by Gasteiger charge is 2.24. The number of aryl methyl sites for hydroxylation is 1. The minimum atomic E-state index is -0.391. The summed E-state index contributed by atoms with van der Waals surface area (Å²) in [7, 11) is 0. The molecule has 0 fully saturated rings. The standard InChI is InChI=1S/C20H19N3O2S/c1-11-3-8-15-16(9-11)26-20-17(15)19(24)22-18(23-20)12(2)25-14-6-4-13(10-21)5-7-14/h4-7,11-12H,3,8-9H2,1-2H3,(H,22,23,24)/t11-,12+/m0/s1. The molecule has 0 saturated heterocycles. The van der Waals surface area contributed by atoms with Crippen molar-refractivity contribution in [2.24, 2.45) is 5.92 Å². The molecule has 2 aromatic heterocycles. The van der Waals surface area contributed by atoms with Gasteiger partial charge in [-0.1, -0.05) is 6.92 Å². The van der Waals surface area contributed by atoms with Gasteiger partial charge in [-0.3, -0.25) is 4.79 Å². The molecule has 1 aliphatic carbocycles. The van der Waals surface area contributed by atoms with Crippen LogP contribution in [-0.4, -0.2) is 9.97 Å². The number of benzene rings is 1. The van der Waals surface area contributed by atoms with E-state index < -0.39 is 6.10 Å². The van der Waals surface area contributed by atoms with Crippen LogP contribution in [0.15, 0.2) is 29.1 Å². The summed E-state index contributed by atoms with van der Waals surface area (Å²) < 4.78 is 5.89. The molecule has 2 heterocycles. The first kappa shape index (κ1) is 16.8. The van der Waals surface area contributed by atoms with E-state index in [4.69, 9.17) is 10.00 Å². The van der Waals surface area contributed by atoms with Crippen molar-refractivity contribution in [1.29, 1.82) is 5.26 Å². The average molecular weight is 365 g/mol. The van der Waals surface area contributed by atoms with Gasteiger partial charge >= 0.3 is 0 Å². The molecule has 0 amide bonds. The van der Waals surface area contributed by atoms with Crippen molar-refractivity contribution in [1.82, 2.24) is 9.97 Å². The maximum atomic E-state index is 12.7. The van der Waals surface area contributed by atoms with Gasteiger partial charge in [-0.15, -0.1) is 11.3 Å². The number of rotatable bonds is 3. The van der Waals surface area contributed by atoms with Crippen LogP contribution in [0.4, 0.5) is 0 Å². The van der Waals surface area contributed by atoms with Crippen LogP contribution in [0, 0.1) is 17.2 Å². The molecular formula is C20H19N3O2S. The monoisotopic (exact) mass is 365 g/mol. The third-order valence-electron chi connectivity index (χ3n) is 4.87. The molecule has 26 heavy (non-hydrogen) atoms. The van der Waals surface area contributed by atoms with Crippen LogP contribution in [0.1, 0.15) is 48.2 Å². The molecular weight excluding hydrogens is 346 g/mol. The van der Waals surface area contributed by atoms with Crippen LogP contribution in [0.3, 0.4) is 0 Å². The number of aromatic amines is 1. The molecule has 2 atom stereocenters. The number of H-pyrrole nitrogens is 1. The van der Waals surface area contributed by atoms with E-state index in [0.29, 0.717) is 23.1 Å². The molecule has 0 aliphatic heterocycles. The van der Waals surface area contributed by atoms with E-state index >= 15 is 0 Å². The zero-order valence-corrected chi connectivity index (χ0v) is 15.5. The molecule has 3 aromatic rings. The predicted molar refractivity (Wildman–Crippen MR) is 102 cm³/mol. The van der Waals surface area contributed by atoms with E-state index in [1.165, 1.54) is 10.4 Å². The number of nitriles is 1. The molecule has 5 nitrogen and oxygen atoms in total. The lowest BCUT2D eigenvalue weighted by Gasteiger charge is -2.17. The Hall–Kier alpha value is -2.65. The smallest absolute Gasteiger partial charge is 0.260 e. The molecule has 1 N–H and O–H groups in total. The lowest BCUT2D eigenvalue weighted by Crippen LogP contribution is -2.17. The Morgan fingerprint density at radius 3 is 2.88 bits per heavy atom. The van der Waals surface area contributed by atoms with E-state index in [9.17, 15) is 4.79 Å². The molecule has 0 bridgehead atoms. The number of nitrogens with one attached hydrogen (secondary N) is 1. The van der Waals surface area contributed by atoms with Crippen LogP contribution in [0.25, 0.3) is 10.2 Å². The van der Waals surface area contributed by atoms with E-state index in [0.717, 1.165) is 29.5 Å². The van der Waals surface area contributed by atoms with Gasteiger partial charge in [0.1, 0.15) is 10.6 Å². The van der Waals surface area contributed by atoms with Crippen molar-refractivity contribution in [3.05, 3.63) is 56.4 Å². The van der Waals surface area contributed by atoms with Gasteiger partial charge in [0.2, 0.25) is 0 Å². The Kier molecular flexibility index (Phi) is 4.25. The van der Waals surface area contributed by atoms with Crippen LogP contribution < -0.4 is 10.3 Å². The highest BCUT2D eigenvalue weighted by molar-refractivity contribution is 7.18. The number of ether oxygens (including phenoxy) is 1.